The molecule has 1 heterocycles. The highest BCUT2D eigenvalue weighted by atomic mass is 16.2. The summed E-state index contributed by atoms with van der Waals surface area (Å²) in [7, 11) is 0. The number of carbonyl (C=O) groups excluding carboxylic acids is 2. The molecule has 0 spiro atoms. The van der Waals surface area contributed by atoms with E-state index < -0.39 is 5.54 Å². The van der Waals surface area contributed by atoms with Gasteiger partial charge in [0.15, 0.2) is 0 Å². The Hall–Kier alpha value is -2.08. The van der Waals surface area contributed by atoms with Gasteiger partial charge >= 0.3 is 6.03 Å². The third-order valence-corrected chi connectivity index (χ3v) is 3.73. The Labute approximate surface area is 131 Å². The largest absolute Gasteiger partial charge is 0.352 e. The summed E-state index contributed by atoms with van der Waals surface area (Å²) in [5, 5.41) is 5.82. The van der Waals surface area contributed by atoms with Crippen LogP contribution in [0.1, 0.15) is 26.7 Å². The number of hydrogen-bond donors (Lipinski definition) is 3. The molecule has 22 heavy (non-hydrogen) atoms. The maximum atomic E-state index is 12.2. The number of rotatable bonds is 3. The van der Waals surface area contributed by atoms with Gasteiger partial charge in [-0.25, -0.2) is 4.79 Å². The minimum absolute atomic E-state index is 0.0797. The van der Waals surface area contributed by atoms with Crippen molar-refractivity contribution >= 4 is 17.6 Å². The number of carbonyl (C=O) groups is 2. The maximum absolute atomic E-state index is 12.2. The molecule has 0 radical (unpaired) electrons. The standard InChI is InChI=1S/C16H24N4O2/c1-16(2,17)14(21)18-13-8-10-20(11-9-13)15(22)19-12-6-4-3-5-7-12/h3-7,13H,8-11,17H2,1-2H3,(H,18,21)(H,19,22). The normalized spacial score (nSPS) is 16.2. The number of likely N-dealkylation sites (tertiary alicyclic amines) is 1. The molecule has 1 fully saturated rings. The maximum Gasteiger partial charge on any atom is 0.321 e. The minimum Gasteiger partial charge on any atom is -0.352 e. The Kier molecular flexibility index (Phi) is 5.03. The van der Waals surface area contributed by atoms with Crippen molar-refractivity contribution < 1.29 is 9.59 Å². The topological polar surface area (TPSA) is 87.5 Å². The second-order valence-electron chi connectivity index (χ2n) is 6.25. The molecule has 3 amide bonds. The number of piperidine rings is 1. The van der Waals surface area contributed by atoms with E-state index in [-0.39, 0.29) is 18.0 Å². The number of anilines is 1. The molecule has 6 nitrogen and oxygen atoms in total. The van der Waals surface area contributed by atoms with Crippen molar-refractivity contribution in [3.8, 4) is 0 Å². The van der Waals surface area contributed by atoms with Crippen LogP contribution in [-0.4, -0.2) is 41.5 Å². The number of nitrogens with one attached hydrogen (secondary N) is 2. The van der Waals surface area contributed by atoms with E-state index in [4.69, 9.17) is 5.73 Å². The lowest BCUT2D eigenvalue weighted by atomic mass is 10.0. The SMILES string of the molecule is CC(C)(N)C(=O)NC1CCN(C(=O)Nc2ccccc2)CC1. The van der Waals surface area contributed by atoms with Crippen molar-refractivity contribution in [2.24, 2.45) is 5.73 Å². The molecule has 0 saturated carbocycles. The molecule has 0 atom stereocenters. The van der Waals surface area contributed by atoms with Crippen molar-refractivity contribution in [1.29, 1.82) is 0 Å². The van der Waals surface area contributed by atoms with Gasteiger partial charge in [-0.05, 0) is 38.8 Å². The first-order chi connectivity index (χ1) is 10.4. The van der Waals surface area contributed by atoms with Crippen LogP contribution in [0.3, 0.4) is 0 Å². The average molecular weight is 304 g/mol. The van der Waals surface area contributed by atoms with E-state index in [9.17, 15) is 9.59 Å². The number of hydrogen-bond acceptors (Lipinski definition) is 3. The van der Waals surface area contributed by atoms with Gasteiger partial charge in [0, 0.05) is 24.8 Å². The summed E-state index contributed by atoms with van der Waals surface area (Å²) in [6, 6.07) is 9.36. The molecular weight excluding hydrogens is 280 g/mol. The molecule has 1 aromatic rings. The lowest BCUT2D eigenvalue weighted by Gasteiger charge is -2.33. The summed E-state index contributed by atoms with van der Waals surface area (Å²) in [5.41, 5.74) is 5.68. The van der Waals surface area contributed by atoms with Crippen molar-refractivity contribution in [2.75, 3.05) is 18.4 Å². The van der Waals surface area contributed by atoms with E-state index in [1.807, 2.05) is 30.3 Å². The molecule has 0 bridgehead atoms. The summed E-state index contributed by atoms with van der Waals surface area (Å²) in [4.78, 5) is 25.8. The molecule has 0 aliphatic carbocycles. The van der Waals surface area contributed by atoms with Gasteiger partial charge < -0.3 is 21.3 Å². The van der Waals surface area contributed by atoms with E-state index in [1.165, 1.54) is 0 Å². The van der Waals surface area contributed by atoms with Crippen LogP contribution in [0.15, 0.2) is 30.3 Å². The Morgan fingerprint density at radius 2 is 1.77 bits per heavy atom. The predicted octanol–water partition coefficient (Wildman–Crippen LogP) is 1.54. The van der Waals surface area contributed by atoms with Crippen LogP contribution in [0.4, 0.5) is 10.5 Å². The molecule has 1 saturated heterocycles. The van der Waals surface area contributed by atoms with Crippen LogP contribution in [0, 0.1) is 0 Å². The smallest absolute Gasteiger partial charge is 0.321 e. The lowest BCUT2D eigenvalue weighted by molar-refractivity contribution is -0.126. The predicted molar refractivity (Wildman–Crippen MR) is 86.5 cm³/mol. The molecule has 1 aliphatic heterocycles. The van der Waals surface area contributed by atoms with Gasteiger partial charge in [-0.1, -0.05) is 18.2 Å². The summed E-state index contributed by atoms with van der Waals surface area (Å²) in [6.07, 6.45) is 1.48. The molecule has 1 aliphatic rings. The summed E-state index contributed by atoms with van der Waals surface area (Å²) < 4.78 is 0. The zero-order valence-corrected chi connectivity index (χ0v) is 13.1. The van der Waals surface area contributed by atoms with Crippen molar-refractivity contribution in [3.63, 3.8) is 0 Å². The Bertz CT molecular complexity index is 517. The van der Waals surface area contributed by atoms with Gasteiger partial charge in [-0.3, -0.25) is 4.79 Å². The average Bonchev–Trinajstić information content (AvgIpc) is 2.48. The van der Waals surface area contributed by atoms with Crippen LogP contribution in [-0.2, 0) is 4.79 Å². The molecule has 1 aromatic carbocycles. The minimum atomic E-state index is -0.873. The van der Waals surface area contributed by atoms with Gasteiger partial charge in [0.05, 0.1) is 5.54 Å². The summed E-state index contributed by atoms with van der Waals surface area (Å²) in [6.45, 7) is 4.61. The van der Waals surface area contributed by atoms with E-state index in [2.05, 4.69) is 10.6 Å². The second kappa shape index (κ2) is 6.79. The van der Waals surface area contributed by atoms with E-state index in [0.717, 1.165) is 18.5 Å². The van der Waals surface area contributed by atoms with Gasteiger partial charge in [0.25, 0.3) is 0 Å². The highest BCUT2D eigenvalue weighted by molar-refractivity contribution is 5.89. The Balaban J connectivity index is 1.79. The van der Waals surface area contributed by atoms with Crippen LogP contribution in [0.5, 0.6) is 0 Å². The fourth-order valence-electron chi connectivity index (χ4n) is 2.32. The molecule has 120 valence electrons. The molecule has 6 heteroatoms. The fourth-order valence-corrected chi connectivity index (χ4v) is 2.32. The summed E-state index contributed by atoms with van der Waals surface area (Å²) >= 11 is 0. The van der Waals surface area contributed by atoms with Crippen molar-refractivity contribution in [3.05, 3.63) is 30.3 Å². The first-order valence-corrected chi connectivity index (χ1v) is 7.57. The number of benzene rings is 1. The molecule has 0 unspecified atom stereocenters. The third kappa shape index (κ3) is 4.46. The second-order valence-corrected chi connectivity index (χ2v) is 6.25. The van der Waals surface area contributed by atoms with Crippen LogP contribution in [0.2, 0.25) is 0 Å². The number of nitrogens with zero attached hydrogens (tertiary/aromatic N) is 1. The number of nitrogens with two attached hydrogens (primary N) is 1. The number of urea groups is 1. The third-order valence-electron chi connectivity index (χ3n) is 3.73. The van der Waals surface area contributed by atoms with Crippen molar-refractivity contribution in [1.82, 2.24) is 10.2 Å². The fraction of sp³-hybridized carbons (Fsp3) is 0.500. The van der Waals surface area contributed by atoms with E-state index in [1.54, 1.807) is 18.7 Å². The van der Waals surface area contributed by atoms with Gasteiger partial charge in [0.1, 0.15) is 0 Å². The monoisotopic (exact) mass is 304 g/mol. The van der Waals surface area contributed by atoms with Crippen molar-refractivity contribution in [2.45, 2.75) is 38.3 Å². The molecule has 4 N–H and O–H groups in total. The highest BCUT2D eigenvalue weighted by Gasteiger charge is 2.28. The van der Waals surface area contributed by atoms with Crippen LogP contribution in [0.25, 0.3) is 0 Å². The van der Waals surface area contributed by atoms with Crippen LogP contribution < -0.4 is 16.4 Å². The molecule has 0 aromatic heterocycles. The number of para-hydroxylation sites is 1. The van der Waals surface area contributed by atoms with Gasteiger partial charge in [0.2, 0.25) is 5.91 Å². The van der Waals surface area contributed by atoms with E-state index in [0.29, 0.717) is 13.1 Å². The van der Waals surface area contributed by atoms with Gasteiger partial charge in [-0.15, -0.1) is 0 Å². The Morgan fingerprint density at radius 1 is 1.18 bits per heavy atom. The first-order valence-electron chi connectivity index (χ1n) is 7.57. The quantitative estimate of drug-likeness (QED) is 0.791. The van der Waals surface area contributed by atoms with Gasteiger partial charge in [-0.2, -0.15) is 0 Å². The summed E-state index contributed by atoms with van der Waals surface area (Å²) in [5.74, 6) is -0.153. The highest BCUT2D eigenvalue weighted by Crippen LogP contribution is 2.14. The lowest BCUT2D eigenvalue weighted by Crippen LogP contribution is -2.55. The van der Waals surface area contributed by atoms with E-state index >= 15 is 0 Å². The zero-order valence-electron chi connectivity index (χ0n) is 13.1. The number of amides is 3. The first kappa shape index (κ1) is 16.3. The zero-order chi connectivity index (χ0) is 16.2. The molecule has 2 rings (SSSR count). The van der Waals surface area contributed by atoms with Crippen LogP contribution >= 0.6 is 0 Å². The Morgan fingerprint density at radius 3 is 2.32 bits per heavy atom. The molecular formula is C16H24N4O2.